The van der Waals surface area contributed by atoms with Crippen LogP contribution in [0.25, 0.3) is 11.4 Å². The second kappa shape index (κ2) is 8.88. The highest BCUT2D eigenvalue weighted by Gasteiger charge is 2.25. The third-order valence-corrected chi connectivity index (χ3v) is 5.90. The van der Waals surface area contributed by atoms with E-state index in [0.717, 1.165) is 16.7 Å². The van der Waals surface area contributed by atoms with Crippen molar-refractivity contribution >= 4 is 29.6 Å². The van der Waals surface area contributed by atoms with Crippen LogP contribution >= 0.6 is 23.8 Å². The molecule has 1 heterocycles. The van der Waals surface area contributed by atoms with Crippen LogP contribution in [0.4, 0.5) is 0 Å². The van der Waals surface area contributed by atoms with Gasteiger partial charge in [-0.25, -0.2) is 9.36 Å². The maximum Gasteiger partial charge on any atom is 0.217 e. The molecule has 0 aliphatic heterocycles. The Kier molecular flexibility index (Phi) is 6.02. The molecule has 0 amide bonds. The molecule has 0 saturated heterocycles. The van der Waals surface area contributed by atoms with E-state index in [1.54, 1.807) is 22.9 Å². The number of halogens is 1. The van der Waals surface area contributed by atoms with Gasteiger partial charge in [-0.05, 0) is 30.8 Å². The average molecular weight is 449 g/mol. The second-order valence-electron chi connectivity index (χ2n) is 7.32. The van der Waals surface area contributed by atoms with E-state index in [4.69, 9.17) is 34.8 Å². The monoisotopic (exact) mass is 448 g/mol. The Bertz CT molecular complexity index is 1280. The first-order valence-corrected chi connectivity index (χ1v) is 10.6. The summed E-state index contributed by atoms with van der Waals surface area (Å²) in [6.07, 6.45) is 0.145. The van der Waals surface area contributed by atoms with E-state index in [9.17, 15) is 4.79 Å². The second-order valence-corrected chi connectivity index (χ2v) is 8.09. The number of carbonyl (C=O) groups is 1. The van der Waals surface area contributed by atoms with Crippen molar-refractivity contribution in [1.29, 1.82) is 0 Å². The van der Waals surface area contributed by atoms with Gasteiger partial charge in [-0.2, -0.15) is 0 Å². The van der Waals surface area contributed by atoms with E-state index >= 15 is 0 Å². The molecule has 0 aliphatic carbocycles. The van der Waals surface area contributed by atoms with Crippen LogP contribution in [0.2, 0.25) is 5.02 Å². The van der Waals surface area contributed by atoms with Gasteiger partial charge >= 0.3 is 0 Å². The van der Waals surface area contributed by atoms with Crippen LogP contribution in [0.1, 0.15) is 33.9 Å². The first kappa shape index (κ1) is 21.0. The Hall–Kier alpha value is -3.22. The third kappa shape index (κ3) is 4.31. The van der Waals surface area contributed by atoms with Gasteiger partial charge < -0.3 is 5.84 Å². The summed E-state index contributed by atoms with van der Waals surface area (Å²) < 4.78 is 3.30. The number of carbonyl (C=O) groups excluding carboxylic acids is 1. The van der Waals surface area contributed by atoms with Crippen LogP contribution in [0.15, 0.2) is 78.9 Å². The fourth-order valence-electron chi connectivity index (χ4n) is 3.49. The van der Waals surface area contributed by atoms with Gasteiger partial charge in [0.05, 0.1) is 6.04 Å². The smallest absolute Gasteiger partial charge is 0.217 e. The fraction of sp³-hybridized carbons (Fsp3) is 0.125. The predicted molar refractivity (Wildman–Crippen MR) is 126 cm³/mol. The molecule has 0 unspecified atom stereocenters. The molecule has 31 heavy (non-hydrogen) atoms. The van der Waals surface area contributed by atoms with Crippen LogP contribution < -0.4 is 5.84 Å². The predicted octanol–water partition coefficient (Wildman–Crippen LogP) is 5.62. The minimum Gasteiger partial charge on any atom is -0.335 e. The number of nitrogens with two attached hydrogens (primary N) is 1. The van der Waals surface area contributed by atoms with Crippen molar-refractivity contribution in [2.45, 2.75) is 19.4 Å². The van der Waals surface area contributed by atoms with E-state index in [-0.39, 0.29) is 12.2 Å². The first-order chi connectivity index (χ1) is 15.0. The summed E-state index contributed by atoms with van der Waals surface area (Å²) in [6, 6.07) is 23.9. The lowest BCUT2D eigenvalue weighted by Crippen LogP contribution is -2.18. The third-order valence-electron chi connectivity index (χ3n) is 5.18. The summed E-state index contributed by atoms with van der Waals surface area (Å²) >= 11 is 12.1. The molecule has 1 atom stereocenters. The highest BCUT2D eigenvalue weighted by Crippen LogP contribution is 2.31. The van der Waals surface area contributed by atoms with Crippen molar-refractivity contribution in [3.63, 3.8) is 0 Å². The van der Waals surface area contributed by atoms with Crippen LogP contribution in [-0.4, -0.2) is 20.2 Å². The molecular formula is C24H21ClN4OS. The van der Waals surface area contributed by atoms with E-state index in [1.165, 1.54) is 4.68 Å². The van der Waals surface area contributed by atoms with Crippen molar-refractivity contribution in [3.05, 3.63) is 105 Å². The molecule has 4 aromatic rings. The number of aromatic nitrogens is 3. The van der Waals surface area contributed by atoms with E-state index in [2.05, 4.69) is 0 Å². The summed E-state index contributed by atoms with van der Waals surface area (Å²) in [4.78, 5) is 13.1. The summed E-state index contributed by atoms with van der Waals surface area (Å²) in [7, 11) is 0. The van der Waals surface area contributed by atoms with E-state index < -0.39 is 6.04 Å². The van der Waals surface area contributed by atoms with Gasteiger partial charge in [-0.1, -0.05) is 90.0 Å². The molecule has 1 aromatic heterocycles. The SMILES string of the molecule is Cc1ccc(-c2nn([C@@H](CC(=O)c3ccccc3)c3ccccc3Cl)c(=S)n2N)cc1. The molecule has 4 rings (SSSR count). The summed E-state index contributed by atoms with van der Waals surface area (Å²) in [5.41, 5.74) is 3.35. The Balaban J connectivity index is 1.81. The van der Waals surface area contributed by atoms with Gasteiger partial charge in [0.1, 0.15) is 0 Å². The molecule has 2 N–H and O–H groups in total. The molecule has 3 aromatic carbocycles. The first-order valence-electron chi connectivity index (χ1n) is 9.82. The summed E-state index contributed by atoms with van der Waals surface area (Å²) in [6.45, 7) is 2.01. The van der Waals surface area contributed by atoms with Crippen LogP contribution in [0.3, 0.4) is 0 Å². The Morgan fingerprint density at radius 2 is 1.68 bits per heavy atom. The van der Waals surface area contributed by atoms with E-state index in [1.807, 2.05) is 67.6 Å². The van der Waals surface area contributed by atoms with Gasteiger partial charge in [0.2, 0.25) is 4.77 Å². The fourth-order valence-corrected chi connectivity index (χ4v) is 4.00. The molecule has 0 aliphatic rings. The Morgan fingerprint density at radius 1 is 1.03 bits per heavy atom. The zero-order chi connectivity index (χ0) is 22.0. The zero-order valence-corrected chi connectivity index (χ0v) is 18.5. The molecule has 0 fully saturated rings. The van der Waals surface area contributed by atoms with Gasteiger partial charge in [0.25, 0.3) is 0 Å². The van der Waals surface area contributed by atoms with Gasteiger partial charge in [-0.3, -0.25) is 4.79 Å². The minimum atomic E-state index is -0.497. The van der Waals surface area contributed by atoms with Crippen LogP contribution in [0.5, 0.6) is 0 Å². The molecule has 5 nitrogen and oxygen atoms in total. The van der Waals surface area contributed by atoms with Gasteiger partial charge in [-0.15, -0.1) is 5.10 Å². The maximum absolute atomic E-state index is 13.1. The average Bonchev–Trinajstić information content (AvgIpc) is 3.08. The maximum atomic E-state index is 13.1. The molecule has 0 radical (unpaired) electrons. The van der Waals surface area contributed by atoms with Crippen molar-refractivity contribution in [2.24, 2.45) is 0 Å². The number of hydrogen-bond acceptors (Lipinski definition) is 4. The Morgan fingerprint density at radius 3 is 2.35 bits per heavy atom. The van der Waals surface area contributed by atoms with Crippen LogP contribution in [-0.2, 0) is 0 Å². The minimum absolute atomic E-state index is 0.0316. The highest BCUT2D eigenvalue weighted by molar-refractivity contribution is 7.71. The number of benzene rings is 3. The van der Waals surface area contributed by atoms with Crippen LogP contribution in [0, 0.1) is 11.7 Å². The van der Waals surface area contributed by atoms with Crippen molar-refractivity contribution in [2.75, 3.05) is 5.84 Å². The number of ketones is 1. The lowest BCUT2D eigenvalue weighted by Gasteiger charge is -2.18. The van der Waals surface area contributed by atoms with Gasteiger partial charge in [0, 0.05) is 22.6 Å². The van der Waals surface area contributed by atoms with Crippen molar-refractivity contribution < 1.29 is 4.79 Å². The molecule has 7 heteroatoms. The van der Waals surface area contributed by atoms with Gasteiger partial charge in [0.15, 0.2) is 11.6 Å². The Labute approximate surface area is 190 Å². The summed E-state index contributed by atoms with van der Waals surface area (Å²) in [5, 5.41) is 5.25. The zero-order valence-electron chi connectivity index (χ0n) is 16.9. The van der Waals surface area contributed by atoms with E-state index in [0.29, 0.717) is 21.2 Å². The number of Topliss-reactive ketones (excluding diaryl/α,β-unsaturated/α-hetero) is 1. The normalized spacial score (nSPS) is 11.9. The van der Waals surface area contributed by atoms with Crippen molar-refractivity contribution in [3.8, 4) is 11.4 Å². The number of nitrogens with zero attached hydrogens (tertiary/aromatic N) is 3. The topological polar surface area (TPSA) is 65.8 Å². The molecule has 0 bridgehead atoms. The standard InChI is InChI=1S/C24H21ClN4OS/c1-16-11-13-18(14-12-16)23-27-29(24(31)28(23)26)21(19-9-5-6-10-20(19)25)15-22(30)17-7-3-2-4-8-17/h2-14,21H,15,26H2,1H3/t21-/m0/s1. The summed E-state index contributed by atoms with van der Waals surface area (Å²) in [5.74, 6) is 6.77. The highest BCUT2D eigenvalue weighted by atomic mass is 35.5. The van der Waals surface area contributed by atoms with Crippen molar-refractivity contribution in [1.82, 2.24) is 14.5 Å². The molecule has 0 saturated carbocycles. The largest absolute Gasteiger partial charge is 0.335 e. The molecular weight excluding hydrogens is 428 g/mol. The number of nitrogen functional groups attached to an aromatic ring is 1. The number of aryl methyl sites for hydroxylation is 1. The number of hydrogen-bond donors (Lipinski definition) is 1. The quantitative estimate of drug-likeness (QED) is 0.236. The molecule has 156 valence electrons. The number of rotatable bonds is 6. The lowest BCUT2D eigenvalue weighted by atomic mass is 9.98. The molecule has 0 spiro atoms. The lowest BCUT2D eigenvalue weighted by molar-refractivity contribution is 0.0967.